The number of hydrogen-bond donors (Lipinski definition) is 1. The molecule has 1 heterocycles. The highest BCUT2D eigenvalue weighted by Gasteiger charge is 2.31. The van der Waals surface area contributed by atoms with Crippen molar-refractivity contribution in [2.75, 3.05) is 13.2 Å². The Morgan fingerprint density at radius 3 is 2.47 bits per heavy atom. The zero-order valence-electron chi connectivity index (χ0n) is 10.9. The molecule has 1 aliphatic carbocycles. The molecule has 0 radical (unpaired) electrons. The molecule has 3 nitrogen and oxygen atoms in total. The van der Waals surface area contributed by atoms with Crippen LogP contribution >= 0.6 is 0 Å². The second-order valence-electron chi connectivity index (χ2n) is 5.45. The SMILES string of the molecule is CCOC(=O)C1CCC(C2CCCCC2)CN1. The lowest BCUT2D eigenvalue weighted by Gasteiger charge is -2.35. The highest BCUT2D eigenvalue weighted by Crippen LogP contribution is 2.33. The second-order valence-corrected chi connectivity index (χ2v) is 5.45. The van der Waals surface area contributed by atoms with Gasteiger partial charge in [-0.15, -0.1) is 0 Å². The molecule has 2 atom stereocenters. The first kappa shape index (κ1) is 12.9. The van der Waals surface area contributed by atoms with Crippen molar-refractivity contribution in [1.82, 2.24) is 5.32 Å². The molecule has 1 saturated heterocycles. The van der Waals surface area contributed by atoms with E-state index in [9.17, 15) is 4.79 Å². The Hall–Kier alpha value is -0.570. The Bertz CT molecular complexity index is 241. The van der Waals surface area contributed by atoms with Crippen LogP contribution in [0.15, 0.2) is 0 Å². The summed E-state index contributed by atoms with van der Waals surface area (Å²) in [5.41, 5.74) is 0. The van der Waals surface area contributed by atoms with Gasteiger partial charge in [-0.05, 0) is 38.1 Å². The predicted octanol–water partition coefficient (Wildman–Crippen LogP) is 2.50. The van der Waals surface area contributed by atoms with Crippen LogP contribution in [0, 0.1) is 11.8 Å². The number of hydrogen-bond acceptors (Lipinski definition) is 3. The Morgan fingerprint density at radius 1 is 1.12 bits per heavy atom. The summed E-state index contributed by atoms with van der Waals surface area (Å²) in [6.45, 7) is 3.36. The number of esters is 1. The maximum Gasteiger partial charge on any atom is 0.323 e. The van der Waals surface area contributed by atoms with Gasteiger partial charge in [-0.2, -0.15) is 0 Å². The topological polar surface area (TPSA) is 38.3 Å². The molecule has 1 aliphatic heterocycles. The molecule has 2 aliphatic rings. The third-order valence-electron chi connectivity index (χ3n) is 4.34. The third kappa shape index (κ3) is 3.44. The molecule has 0 aromatic rings. The van der Waals surface area contributed by atoms with E-state index in [1.54, 1.807) is 0 Å². The number of rotatable bonds is 3. The minimum Gasteiger partial charge on any atom is -0.465 e. The van der Waals surface area contributed by atoms with Gasteiger partial charge in [0.25, 0.3) is 0 Å². The zero-order valence-corrected chi connectivity index (χ0v) is 10.9. The van der Waals surface area contributed by atoms with Crippen molar-refractivity contribution in [1.29, 1.82) is 0 Å². The van der Waals surface area contributed by atoms with Crippen LogP contribution in [0.5, 0.6) is 0 Å². The fourth-order valence-electron chi connectivity index (χ4n) is 3.33. The molecule has 2 unspecified atom stereocenters. The summed E-state index contributed by atoms with van der Waals surface area (Å²) >= 11 is 0. The van der Waals surface area contributed by atoms with Crippen molar-refractivity contribution >= 4 is 5.97 Å². The van der Waals surface area contributed by atoms with Gasteiger partial charge in [-0.25, -0.2) is 0 Å². The number of nitrogens with one attached hydrogen (secondary N) is 1. The van der Waals surface area contributed by atoms with Crippen LogP contribution in [0.25, 0.3) is 0 Å². The van der Waals surface area contributed by atoms with Crippen molar-refractivity contribution in [3.05, 3.63) is 0 Å². The summed E-state index contributed by atoms with van der Waals surface area (Å²) in [7, 11) is 0. The van der Waals surface area contributed by atoms with E-state index in [1.165, 1.54) is 38.5 Å². The average molecular weight is 239 g/mol. The Morgan fingerprint density at radius 2 is 1.88 bits per heavy atom. The Kier molecular flexibility index (Phi) is 4.84. The van der Waals surface area contributed by atoms with Crippen molar-refractivity contribution < 1.29 is 9.53 Å². The lowest BCUT2D eigenvalue weighted by Crippen LogP contribution is -2.46. The molecule has 0 bridgehead atoms. The maximum absolute atomic E-state index is 11.6. The first-order chi connectivity index (χ1) is 8.31. The molecule has 17 heavy (non-hydrogen) atoms. The Balaban J connectivity index is 1.75. The summed E-state index contributed by atoms with van der Waals surface area (Å²) < 4.78 is 5.06. The smallest absolute Gasteiger partial charge is 0.323 e. The molecule has 0 amide bonds. The van der Waals surface area contributed by atoms with Crippen molar-refractivity contribution in [2.24, 2.45) is 11.8 Å². The van der Waals surface area contributed by atoms with Gasteiger partial charge in [0, 0.05) is 0 Å². The van der Waals surface area contributed by atoms with Crippen molar-refractivity contribution in [3.63, 3.8) is 0 Å². The summed E-state index contributed by atoms with van der Waals surface area (Å²) in [5.74, 6) is 1.63. The minimum atomic E-state index is -0.0606. The van der Waals surface area contributed by atoms with E-state index in [0.717, 1.165) is 24.8 Å². The first-order valence-electron chi connectivity index (χ1n) is 7.21. The van der Waals surface area contributed by atoms with E-state index in [4.69, 9.17) is 4.74 Å². The number of ether oxygens (including phenoxy) is 1. The average Bonchev–Trinajstić information content (AvgIpc) is 2.40. The minimum absolute atomic E-state index is 0.0465. The fourth-order valence-corrected chi connectivity index (χ4v) is 3.33. The molecule has 0 aromatic carbocycles. The summed E-state index contributed by atoms with van der Waals surface area (Å²) in [6, 6.07) is -0.0465. The van der Waals surface area contributed by atoms with Crippen LogP contribution in [0.3, 0.4) is 0 Å². The van der Waals surface area contributed by atoms with Gasteiger partial charge in [0.1, 0.15) is 6.04 Å². The van der Waals surface area contributed by atoms with Crippen LogP contribution in [0.2, 0.25) is 0 Å². The third-order valence-corrected chi connectivity index (χ3v) is 4.34. The standard InChI is InChI=1S/C14H25NO2/c1-2-17-14(16)13-9-8-12(10-15-13)11-6-4-3-5-7-11/h11-13,15H,2-10H2,1H3. The first-order valence-corrected chi connectivity index (χ1v) is 7.21. The van der Waals surface area contributed by atoms with Crippen LogP contribution < -0.4 is 5.32 Å². The highest BCUT2D eigenvalue weighted by atomic mass is 16.5. The monoisotopic (exact) mass is 239 g/mol. The van der Waals surface area contributed by atoms with Crippen molar-refractivity contribution in [2.45, 2.75) is 57.9 Å². The fraction of sp³-hybridized carbons (Fsp3) is 0.929. The summed E-state index contributed by atoms with van der Waals surface area (Å²) in [5, 5.41) is 3.38. The van der Waals surface area contributed by atoms with Gasteiger partial charge in [0.2, 0.25) is 0 Å². The maximum atomic E-state index is 11.6. The molecule has 98 valence electrons. The predicted molar refractivity (Wildman–Crippen MR) is 67.7 cm³/mol. The molecule has 1 N–H and O–H groups in total. The summed E-state index contributed by atoms with van der Waals surface area (Å²) in [4.78, 5) is 11.6. The molecule has 2 rings (SSSR count). The number of piperidine rings is 1. The van der Waals surface area contributed by atoms with Crippen molar-refractivity contribution in [3.8, 4) is 0 Å². The van der Waals surface area contributed by atoms with Crippen LogP contribution in [0.1, 0.15) is 51.9 Å². The molecule has 0 spiro atoms. The second kappa shape index (κ2) is 6.39. The van der Waals surface area contributed by atoms with Gasteiger partial charge in [-0.3, -0.25) is 4.79 Å². The molecule has 2 fully saturated rings. The van der Waals surface area contributed by atoms with Gasteiger partial charge in [0.15, 0.2) is 0 Å². The van der Waals surface area contributed by atoms with Gasteiger partial charge in [-0.1, -0.05) is 32.1 Å². The molecular weight excluding hydrogens is 214 g/mol. The van der Waals surface area contributed by atoms with Crippen LogP contribution in [-0.4, -0.2) is 25.2 Å². The Labute approximate surface area is 104 Å². The van der Waals surface area contributed by atoms with E-state index in [1.807, 2.05) is 6.92 Å². The van der Waals surface area contributed by atoms with E-state index in [2.05, 4.69) is 5.32 Å². The van der Waals surface area contributed by atoms with E-state index < -0.39 is 0 Å². The molecule has 3 heteroatoms. The van der Waals surface area contributed by atoms with E-state index >= 15 is 0 Å². The van der Waals surface area contributed by atoms with Gasteiger partial charge in [0.05, 0.1) is 6.61 Å². The van der Waals surface area contributed by atoms with Crippen LogP contribution in [-0.2, 0) is 9.53 Å². The zero-order chi connectivity index (χ0) is 12.1. The lowest BCUT2D eigenvalue weighted by atomic mass is 9.76. The normalized spacial score (nSPS) is 31.1. The molecule has 0 aromatic heterocycles. The van der Waals surface area contributed by atoms with E-state index in [-0.39, 0.29) is 12.0 Å². The number of carbonyl (C=O) groups is 1. The van der Waals surface area contributed by atoms with Gasteiger partial charge < -0.3 is 10.1 Å². The molecular formula is C14H25NO2. The van der Waals surface area contributed by atoms with Crippen LogP contribution in [0.4, 0.5) is 0 Å². The van der Waals surface area contributed by atoms with Gasteiger partial charge >= 0.3 is 5.97 Å². The van der Waals surface area contributed by atoms with E-state index in [0.29, 0.717) is 6.61 Å². The highest BCUT2D eigenvalue weighted by molar-refractivity contribution is 5.75. The quantitative estimate of drug-likeness (QED) is 0.769. The number of carbonyl (C=O) groups excluding carboxylic acids is 1. The lowest BCUT2D eigenvalue weighted by molar-refractivity contribution is -0.146. The summed E-state index contributed by atoms with van der Waals surface area (Å²) in [6.07, 6.45) is 9.18. The largest absolute Gasteiger partial charge is 0.465 e. The molecule has 1 saturated carbocycles.